The molecule has 0 unspecified atom stereocenters. The molecule has 1 fully saturated rings. The van der Waals surface area contributed by atoms with Gasteiger partial charge in [-0.2, -0.15) is 4.31 Å². The molecule has 0 aromatic heterocycles. The van der Waals surface area contributed by atoms with E-state index in [1.54, 1.807) is 0 Å². The monoisotopic (exact) mass is 382 g/mol. The summed E-state index contributed by atoms with van der Waals surface area (Å²) in [4.78, 5) is 23.4. The molecule has 2 amide bonds. The summed E-state index contributed by atoms with van der Waals surface area (Å²) >= 11 is 0. The molecule has 1 aliphatic carbocycles. The molecule has 4 N–H and O–H groups in total. The fraction of sp³-hybridized carbons (Fsp3) is 0.529. The molecule has 9 heteroatoms. The second-order valence-electron chi connectivity index (χ2n) is 6.71. The molecule has 0 aliphatic heterocycles. The molecule has 1 saturated carbocycles. The van der Waals surface area contributed by atoms with Crippen LogP contribution in [-0.2, 0) is 19.6 Å². The van der Waals surface area contributed by atoms with Crippen LogP contribution in [0.2, 0.25) is 0 Å². The van der Waals surface area contributed by atoms with Crippen molar-refractivity contribution >= 4 is 27.5 Å². The van der Waals surface area contributed by atoms with Gasteiger partial charge in [0.25, 0.3) is 0 Å². The third-order valence-electron chi connectivity index (χ3n) is 4.61. The molecule has 2 rings (SSSR count). The van der Waals surface area contributed by atoms with Crippen LogP contribution in [0.5, 0.6) is 0 Å². The van der Waals surface area contributed by atoms with Gasteiger partial charge in [-0.3, -0.25) is 9.59 Å². The Balaban J connectivity index is 2.03. The third-order valence-corrected chi connectivity index (χ3v) is 6.42. The predicted octanol–water partition coefficient (Wildman–Crippen LogP) is 0.653. The van der Waals surface area contributed by atoms with E-state index in [1.807, 2.05) is 0 Å². The summed E-state index contributed by atoms with van der Waals surface area (Å²) < 4.78 is 26.3. The first kappa shape index (κ1) is 20.3. The first-order chi connectivity index (χ1) is 12.2. The molecule has 0 saturated heterocycles. The van der Waals surface area contributed by atoms with Gasteiger partial charge in [-0.25, -0.2) is 8.42 Å². The van der Waals surface area contributed by atoms with Gasteiger partial charge >= 0.3 is 0 Å². The van der Waals surface area contributed by atoms with Gasteiger partial charge < -0.3 is 16.4 Å². The number of likely N-dealkylation sites (N-methyl/N-ethyl adjacent to an activating group) is 1. The first-order valence-corrected chi connectivity index (χ1v) is 9.98. The van der Waals surface area contributed by atoms with Crippen molar-refractivity contribution in [2.24, 2.45) is 5.73 Å². The van der Waals surface area contributed by atoms with E-state index in [2.05, 4.69) is 10.6 Å². The number of benzene rings is 1. The van der Waals surface area contributed by atoms with Crippen molar-refractivity contribution in [2.45, 2.75) is 43.0 Å². The normalized spacial score (nSPS) is 16.5. The summed E-state index contributed by atoms with van der Waals surface area (Å²) in [7, 11) is -2.45. The standard InChI is InChI=1S/C17H26N4O4S/c1-13(22)19-14-5-7-15(8-6-14)26(24,25)21(2)11-16(23)20-17(12-18)9-3-4-10-17/h5-8H,3-4,9-12,18H2,1-2H3,(H,19,22)(H,20,23). The summed E-state index contributed by atoms with van der Waals surface area (Å²) in [6, 6.07) is 5.80. The van der Waals surface area contributed by atoms with Crippen molar-refractivity contribution in [3.05, 3.63) is 24.3 Å². The van der Waals surface area contributed by atoms with Gasteiger partial charge in [0.1, 0.15) is 0 Å². The van der Waals surface area contributed by atoms with E-state index < -0.39 is 15.6 Å². The zero-order valence-electron chi connectivity index (χ0n) is 15.1. The Morgan fingerprint density at radius 2 is 1.77 bits per heavy atom. The molecule has 144 valence electrons. The van der Waals surface area contributed by atoms with E-state index in [0.717, 1.165) is 30.0 Å². The summed E-state index contributed by atoms with van der Waals surface area (Å²) in [5.41, 5.74) is 5.88. The van der Waals surface area contributed by atoms with Crippen LogP contribution >= 0.6 is 0 Å². The fourth-order valence-electron chi connectivity index (χ4n) is 3.15. The number of sulfonamides is 1. The van der Waals surface area contributed by atoms with Gasteiger partial charge in [0.05, 0.1) is 17.0 Å². The van der Waals surface area contributed by atoms with Crippen molar-refractivity contribution in [3.63, 3.8) is 0 Å². The van der Waals surface area contributed by atoms with Gasteiger partial charge in [-0.05, 0) is 37.1 Å². The zero-order valence-corrected chi connectivity index (χ0v) is 15.9. The number of nitrogens with zero attached hydrogens (tertiary/aromatic N) is 1. The minimum Gasteiger partial charge on any atom is -0.348 e. The topological polar surface area (TPSA) is 122 Å². The number of hydrogen-bond acceptors (Lipinski definition) is 5. The van der Waals surface area contributed by atoms with Crippen molar-refractivity contribution in [3.8, 4) is 0 Å². The number of carbonyl (C=O) groups excluding carboxylic acids is 2. The van der Waals surface area contributed by atoms with Crippen LogP contribution < -0.4 is 16.4 Å². The lowest BCUT2D eigenvalue weighted by molar-refractivity contribution is -0.123. The highest BCUT2D eigenvalue weighted by atomic mass is 32.2. The average Bonchev–Trinajstić information content (AvgIpc) is 3.03. The van der Waals surface area contributed by atoms with Gasteiger partial charge in [0, 0.05) is 26.2 Å². The number of rotatable bonds is 7. The van der Waals surface area contributed by atoms with Crippen molar-refractivity contribution in [2.75, 3.05) is 25.5 Å². The molecule has 1 aliphatic rings. The van der Waals surface area contributed by atoms with E-state index in [9.17, 15) is 18.0 Å². The van der Waals surface area contributed by atoms with Crippen LogP contribution in [0.3, 0.4) is 0 Å². The van der Waals surface area contributed by atoms with Gasteiger partial charge in [0.15, 0.2) is 0 Å². The Morgan fingerprint density at radius 1 is 1.19 bits per heavy atom. The van der Waals surface area contributed by atoms with E-state index in [1.165, 1.54) is 38.2 Å². The number of hydrogen-bond donors (Lipinski definition) is 3. The maximum Gasteiger partial charge on any atom is 0.243 e. The molecule has 1 aromatic rings. The Hall–Kier alpha value is -1.97. The largest absolute Gasteiger partial charge is 0.348 e. The van der Waals surface area contributed by atoms with E-state index in [0.29, 0.717) is 12.2 Å². The van der Waals surface area contributed by atoms with Crippen LogP contribution in [0.4, 0.5) is 5.69 Å². The zero-order chi connectivity index (χ0) is 19.4. The number of nitrogens with two attached hydrogens (primary N) is 1. The number of anilines is 1. The van der Waals surface area contributed by atoms with E-state index in [-0.39, 0.29) is 23.3 Å². The molecule has 0 spiro atoms. The van der Waals surface area contributed by atoms with Gasteiger partial charge in [-0.1, -0.05) is 12.8 Å². The number of amides is 2. The Bertz CT molecular complexity index is 755. The maximum absolute atomic E-state index is 12.6. The van der Waals surface area contributed by atoms with Crippen molar-refractivity contribution in [1.29, 1.82) is 0 Å². The lowest BCUT2D eigenvalue weighted by Crippen LogP contribution is -2.54. The molecular weight excluding hydrogens is 356 g/mol. The number of carbonyl (C=O) groups is 2. The first-order valence-electron chi connectivity index (χ1n) is 8.54. The Kier molecular flexibility index (Phi) is 6.38. The van der Waals surface area contributed by atoms with Gasteiger partial charge in [-0.15, -0.1) is 0 Å². The van der Waals surface area contributed by atoms with Crippen LogP contribution in [0.25, 0.3) is 0 Å². The van der Waals surface area contributed by atoms with Crippen LogP contribution in [0, 0.1) is 0 Å². The van der Waals surface area contributed by atoms with E-state index in [4.69, 9.17) is 5.73 Å². The molecule has 0 radical (unpaired) electrons. The summed E-state index contributed by atoms with van der Waals surface area (Å²) in [6.07, 6.45) is 3.64. The second kappa shape index (κ2) is 8.15. The van der Waals surface area contributed by atoms with Gasteiger partial charge in [0.2, 0.25) is 21.8 Å². The molecule has 0 bridgehead atoms. The summed E-state index contributed by atoms with van der Waals surface area (Å²) in [5, 5.41) is 5.48. The smallest absolute Gasteiger partial charge is 0.243 e. The lowest BCUT2D eigenvalue weighted by Gasteiger charge is -2.29. The molecule has 26 heavy (non-hydrogen) atoms. The number of nitrogens with one attached hydrogen (secondary N) is 2. The third kappa shape index (κ3) is 4.80. The molecule has 0 heterocycles. The highest BCUT2D eigenvalue weighted by Gasteiger charge is 2.34. The van der Waals surface area contributed by atoms with Crippen molar-refractivity contribution < 1.29 is 18.0 Å². The lowest BCUT2D eigenvalue weighted by atomic mass is 9.98. The molecule has 0 atom stereocenters. The molecular formula is C17H26N4O4S. The maximum atomic E-state index is 12.6. The van der Waals surface area contributed by atoms with E-state index >= 15 is 0 Å². The molecule has 1 aromatic carbocycles. The second-order valence-corrected chi connectivity index (χ2v) is 8.75. The van der Waals surface area contributed by atoms with Crippen LogP contribution in [-0.4, -0.2) is 50.2 Å². The highest BCUT2D eigenvalue weighted by Crippen LogP contribution is 2.28. The van der Waals surface area contributed by atoms with Crippen LogP contribution in [0.1, 0.15) is 32.6 Å². The predicted molar refractivity (Wildman–Crippen MR) is 99.0 cm³/mol. The Morgan fingerprint density at radius 3 is 2.27 bits per heavy atom. The minimum atomic E-state index is -3.81. The highest BCUT2D eigenvalue weighted by molar-refractivity contribution is 7.89. The summed E-state index contributed by atoms with van der Waals surface area (Å²) in [5.74, 6) is -0.603. The Labute approximate surface area is 154 Å². The minimum absolute atomic E-state index is 0.0521. The van der Waals surface area contributed by atoms with Crippen LogP contribution in [0.15, 0.2) is 29.2 Å². The summed E-state index contributed by atoms with van der Waals surface area (Å²) in [6.45, 7) is 1.44. The average molecular weight is 382 g/mol. The quantitative estimate of drug-likeness (QED) is 0.639. The SMILES string of the molecule is CC(=O)Nc1ccc(S(=O)(=O)N(C)CC(=O)NC2(CN)CCCC2)cc1. The van der Waals surface area contributed by atoms with Crippen molar-refractivity contribution in [1.82, 2.24) is 9.62 Å². The fourth-order valence-corrected chi connectivity index (χ4v) is 4.27. The molecule has 8 nitrogen and oxygen atoms in total.